The van der Waals surface area contributed by atoms with Crippen LogP contribution in [0.4, 0.5) is 0 Å². The highest BCUT2D eigenvalue weighted by molar-refractivity contribution is 4.55. The van der Waals surface area contributed by atoms with Crippen LogP contribution >= 0.6 is 0 Å². The molecule has 0 radical (unpaired) electrons. The van der Waals surface area contributed by atoms with E-state index in [9.17, 15) is 0 Å². The molecule has 2 nitrogen and oxygen atoms in total. The summed E-state index contributed by atoms with van der Waals surface area (Å²) in [5, 5.41) is 6.43. The molecule has 9 heavy (non-hydrogen) atoms. The Hall–Kier alpha value is -0.0800. The first-order chi connectivity index (χ1) is 4.16. The first kappa shape index (κ1) is 8.92. The molecule has 1 atom stereocenters. The molecule has 0 bridgehead atoms. The number of rotatable bonds is 4. The maximum absolute atomic E-state index is 3.32. The van der Waals surface area contributed by atoms with E-state index in [1.807, 2.05) is 7.05 Å². The Morgan fingerprint density at radius 1 is 1.22 bits per heavy atom. The number of nitrogens with one attached hydrogen (secondary N) is 2. The summed E-state index contributed by atoms with van der Waals surface area (Å²) in [6.45, 7) is 7.61. The minimum Gasteiger partial charge on any atom is -0.305 e. The van der Waals surface area contributed by atoms with Gasteiger partial charge in [-0.15, -0.1) is 0 Å². The SMILES string of the molecule is CNC(C)NCC(C)C. The van der Waals surface area contributed by atoms with Gasteiger partial charge >= 0.3 is 0 Å². The van der Waals surface area contributed by atoms with Crippen molar-refractivity contribution in [3.05, 3.63) is 0 Å². The maximum Gasteiger partial charge on any atom is 0.0540 e. The van der Waals surface area contributed by atoms with Crippen LogP contribution in [0.1, 0.15) is 20.8 Å². The van der Waals surface area contributed by atoms with Crippen molar-refractivity contribution in [3.8, 4) is 0 Å². The fourth-order valence-corrected chi connectivity index (χ4v) is 0.515. The zero-order valence-corrected chi connectivity index (χ0v) is 6.86. The van der Waals surface area contributed by atoms with E-state index in [-0.39, 0.29) is 0 Å². The number of hydrogen-bond donors (Lipinski definition) is 2. The van der Waals surface area contributed by atoms with Crippen LogP contribution in [-0.4, -0.2) is 19.8 Å². The lowest BCUT2D eigenvalue weighted by molar-refractivity contribution is 0.446. The van der Waals surface area contributed by atoms with Crippen molar-refractivity contribution < 1.29 is 0 Å². The van der Waals surface area contributed by atoms with Crippen molar-refractivity contribution >= 4 is 0 Å². The molecule has 0 aliphatic heterocycles. The topological polar surface area (TPSA) is 24.1 Å². The Balaban J connectivity index is 3.06. The van der Waals surface area contributed by atoms with Gasteiger partial charge < -0.3 is 10.6 Å². The van der Waals surface area contributed by atoms with Crippen LogP contribution in [0, 0.1) is 5.92 Å². The highest BCUT2D eigenvalue weighted by Crippen LogP contribution is 1.87. The van der Waals surface area contributed by atoms with E-state index >= 15 is 0 Å². The average molecular weight is 130 g/mol. The molecule has 0 aliphatic carbocycles. The van der Waals surface area contributed by atoms with Gasteiger partial charge in [0, 0.05) is 0 Å². The Morgan fingerprint density at radius 2 is 1.78 bits per heavy atom. The van der Waals surface area contributed by atoms with Crippen molar-refractivity contribution in [1.29, 1.82) is 0 Å². The Kier molecular flexibility index (Phi) is 4.72. The fourth-order valence-electron chi connectivity index (χ4n) is 0.515. The molecule has 0 saturated carbocycles. The third kappa shape index (κ3) is 5.80. The maximum atomic E-state index is 3.32. The normalized spacial score (nSPS) is 14.3. The van der Waals surface area contributed by atoms with Gasteiger partial charge in [-0.25, -0.2) is 0 Å². The minimum absolute atomic E-state index is 0.437. The predicted octanol–water partition coefficient (Wildman–Crippen LogP) is 0.797. The van der Waals surface area contributed by atoms with Gasteiger partial charge in [0.25, 0.3) is 0 Å². The van der Waals surface area contributed by atoms with Gasteiger partial charge in [0.15, 0.2) is 0 Å². The van der Waals surface area contributed by atoms with Gasteiger partial charge in [-0.05, 0) is 26.4 Å². The largest absolute Gasteiger partial charge is 0.305 e. The van der Waals surface area contributed by atoms with Crippen LogP contribution in [0.2, 0.25) is 0 Å². The summed E-state index contributed by atoms with van der Waals surface area (Å²) < 4.78 is 0. The highest BCUT2D eigenvalue weighted by atomic mass is 15.1. The van der Waals surface area contributed by atoms with Crippen molar-refractivity contribution in [3.63, 3.8) is 0 Å². The van der Waals surface area contributed by atoms with Gasteiger partial charge in [0.2, 0.25) is 0 Å². The van der Waals surface area contributed by atoms with Gasteiger partial charge in [-0.3, -0.25) is 0 Å². The quantitative estimate of drug-likeness (QED) is 0.550. The van der Waals surface area contributed by atoms with Gasteiger partial charge in [-0.1, -0.05) is 13.8 Å². The second kappa shape index (κ2) is 4.77. The molecule has 2 N–H and O–H groups in total. The van der Waals surface area contributed by atoms with Gasteiger partial charge in [0.05, 0.1) is 6.17 Å². The average Bonchev–Trinajstić information content (AvgIpc) is 1.83. The minimum atomic E-state index is 0.437. The molecule has 0 fully saturated rings. The molecule has 0 spiro atoms. The third-order valence-electron chi connectivity index (χ3n) is 1.27. The molecule has 0 aromatic heterocycles. The van der Waals surface area contributed by atoms with Crippen molar-refractivity contribution in [2.45, 2.75) is 26.9 Å². The van der Waals surface area contributed by atoms with E-state index in [1.165, 1.54) is 0 Å². The van der Waals surface area contributed by atoms with Gasteiger partial charge in [0.1, 0.15) is 0 Å². The van der Waals surface area contributed by atoms with Crippen LogP contribution in [-0.2, 0) is 0 Å². The van der Waals surface area contributed by atoms with Crippen molar-refractivity contribution in [2.75, 3.05) is 13.6 Å². The van der Waals surface area contributed by atoms with Crippen LogP contribution in [0.3, 0.4) is 0 Å². The van der Waals surface area contributed by atoms with E-state index < -0.39 is 0 Å². The van der Waals surface area contributed by atoms with Crippen molar-refractivity contribution in [2.24, 2.45) is 5.92 Å². The lowest BCUT2D eigenvalue weighted by Crippen LogP contribution is -2.39. The Labute approximate surface area is 58.0 Å². The van der Waals surface area contributed by atoms with E-state index in [0.717, 1.165) is 12.5 Å². The summed E-state index contributed by atoms with van der Waals surface area (Å²) in [6, 6.07) is 0. The molecule has 56 valence electrons. The van der Waals surface area contributed by atoms with Gasteiger partial charge in [-0.2, -0.15) is 0 Å². The smallest absolute Gasteiger partial charge is 0.0540 e. The molecule has 0 saturated heterocycles. The molecule has 0 heterocycles. The second-order valence-corrected chi connectivity index (χ2v) is 2.81. The van der Waals surface area contributed by atoms with Crippen LogP contribution in [0.15, 0.2) is 0 Å². The Morgan fingerprint density at radius 3 is 2.11 bits per heavy atom. The van der Waals surface area contributed by atoms with Crippen molar-refractivity contribution in [1.82, 2.24) is 10.6 Å². The molecular weight excluding hydrogens is 112 g/mol. The molecule has 2 heteroatoms. The predicted molar refractivity (Wildman–Crippen MR) is 41.4 cm³/mol. The molecule has 1 unspecified atom stereocenters. The van der Waals surface area contributed by atoms with E-state index in [4.69, 9.17) is 0 Å². The van der Waals surface area contributed by atoms with Crippen LogP contribution in [0.5, 0.6) is 0 Å². The Bertz CT molecular complexity index is 61.9. The molecular formula is C7H18N2. The summed E-state index contributed by atoms with van der Waals surface area (Å²) in [7, 11) is 1.96. The molecule has 0 rings (SSSR count). The van der Waals surface area contributed by atoms with E-state index in [2.05, 4.69) is 31.4 Å². The van der Waals surface area contributed by atoms with E-state index in [1.54, 1.807) is 0 Å². The van der Waals surface area contributed by atoms with E-state index in [0.29, 0.717) is 6.17 Å². The standard InChI is InChI=1S/C7H18N2/c1-6(2)5-9-7(3)8-4/h6-9H,5H2,1-4H3. The second-order valence-electron chi connectivity index (χ2n) is 2.81. The monoisotopic (exact) mass is 130 g/mol. The first-order valence-electron chi connectivity index (χ1n) is 3.57. The third-order valence-corrected chi connectivity index (χ3v) is 1.27. The summed E-state index contributed by atoms with van der Waals surface area (Å²) in [6.07, 6.45) is 0.437. The lowest BCUT2D eigenvalue weighted by atomic mass is 10.2. The summed E-state index contributed by atoms with van der Waals surface area (Å²) >= 11 is 0. The summed E-state index contributed by atoms with van der Waals surface area (Å²) in [5.74, 6) is 0.737. The highest BCUT2D eigenvalue weighted by Gasteiger charge is 1.96. The number of hydrogen-bond acceptors (Lipinski definition) is 2. The molecule has 0 amide bonds. The van der Waals surface area contributed by atoms with Crippen LogP contribution < -0.4 is 10.6 Å². The lowest BCUT2D eigenvalue weighted by Gasteiger charge is -2.13. The zero-order chi connectivity index (χ0) is 7.28. The molecule has 0 aliphatic rings. The fraction of sp³-hybridized carbons (Fsp3) is 1.00. The zero-order valence-electron chi connectivity index (χ0n) is 6.86. The summed E-state index contributed by atoms with van der Waals surface area (Å²) in [5.41, 5.74) is 0. The molecule has 0 aromatic rings. The van der Waals surface area contributed by atoms with Crippen LogP contribution in [0.25, 0.3) is 0 Å². The summed E-state index contributed by atoms with van der Waals surface area (Å²) in [4.78, 5) is 0. The first-order valence-corrected chi connectivity index (χ1v) is 3.57. The molecule has 0 aromatic carbocycles.